The Hall–Kier alpha value is -0.620. The van der Waals surface area contributed by atoms with E-state index < -0.39 is 0 Å². The molecule has 0 bridgehead atoms. The van der Waals surface area contributed by atoms with Crippen LogP contribution in [0.3, 0.4) is 0 Å². The number of benzene rings is 1. The van der Waals surface area contributed by atoms with Gasteiger partial charge in [-0.3, -0.25) is 4.79 Å². The molecule has 20 heavy (non-hydrogen) atoms. The van der Waals surface area contributed by atoms with Gasteiger partial charge < -0.3 is 10.2 Å². The molecule has 2 fully saturated rings. The lowest BCUT2D eigenvalue weighted by Crippen LogP contribution is -2.44. The number of amides is 1. The molecule has 0 aliphatic carbocycles. The van der Waals surface area contributed by atoms with Crippen LogP contribution in [0.1, 0.15) is 35.2 Å². The van der Waals surface area contributed by atoms with Gasteiger partial charge in [-0.1, -0.05) is 6.07 Å². The van der Waals surface area contributed by atoms with Crippen molar-refractivity contribution < 1.29 is 4.79 Å². The van der Waals surface area contributed by atoms with Crippen molar-refractivity contribution in [3.8, 4) is 0 Å². The van der Waals surface area contributed by atoms with Crippen LogP contribution >= 0.6 is 22.6 Å². The van der Waals surface area contributed by atoms with E-state index in [0.717, 1.165) is 50.1 Å². The van der Waals surface area contributed by atoms with Gasteiger partial charge in [-0.05, 0) is 78.4 Å². The number of piperidine rings is 1. The fraction of sp³-hybridized carbons (Fsp3) is 0.562. The highest BCUT2D eigenvalue weighted by Gasteiger charge is 2.38. The molecule has 2 aliphatic rings. The summed E-state index contributed by atoms with van der Waals surface area (Å²) in [6.45, 7) is 6.14. The molecule has 1 spiro atoms. The van der Waals surface area contributed by atoms with E-state index in [1.54, 1.807) is 0 Å². The molecule has 0 atom stereocenters. The Balaban J connectivity index is 1.71. The predicted octanol–water partition coefficient (Wildman–Crippen LogP) is 2.82. The summed E-state index contributed by atoms with van der Waals surface area (Å²) in [4.78, 5) is 14.7. The van der Waals surface area contributed by atoms with E-state index in [1.165, 1.54) is 9.99 Å². The van der Waals surface area contributed by atoms with Crippen LogP contribution in [0, 0.1) is 15.9 Å². The summed E-state index contributed by atoms with van der Waals surface area (Å²) in [5, 5.41) is 3.47. The standard InChI is InChI=1S/C16H21IN2O/c1-12-13(3-2-4-14(12)17)15(20)19-9-6-16(7-10-19)5-8-18-11-16/h2-4,18H,5-11H2,1H3. The van der Waals surface area contributed by atoms with E-state index in [2.05, 4.69) is 34.0 Å². The smallest absolute Gasteiger partial charge is 0.254 e. The Morgan fingerprint density at radius 3 is 2.70 bits per heavy atom. The zero-order chi connectivity index (χ0) is 14.2. The van der Waals surface area contributed by atoms with E-state index in [4.69, 9.17) is 0 Å². The third-order valence-corrected chi connectivity index (χ3v) is 6.11. The van der Waals surface area contributed by atoms with Crippen LogP contribution in [0.25, 0.3) is 0 Å². The zero-order valence-electron chi connectivity index (χ0n) is 11.9. The first-order valence-corrected chi connectivity index (χ1v) is 8.44. The van der Waals surface area contributed by atoms with Crippen LogP contribution < -0.4 is 5.32 Å². The quantitative estimate of drug-likeness (QED) is 0.756. The highest BCUT2D eigenvalue weighted by Crippen LogP contribution is 2.37. The SMILES string of the molecule is Cc1c(I)cccc1C(=O)N1CCC2(CCNC2)CC1. The molecular formula is C16H21IN2O. The lowest BCUT2D eigenvalue weighted by molar-refractivity contribution is 0.0607. The summed E-state index contributed by atoms with van der Waals surface area (Å²) in [5.74, 6) is 0.210. The molecule has 3 nitrogen and oxygen atoms in total. The van der Waals surface area contributed by atoms with Gasteiger partial charge in [-0.25, -0.2) is 0 Å². The summed E-state index contributed by atoms with van der Waals surface area (Å²) in [5.41, 5.74) is 2.45. The summed E-state index contributed by atoms with van der Waals surface area (Å²) in [7, 11) is 0. The maximum Gasteiger partial charge on any atom is 0.254 e. The Morgan fingerprint density at radius 1 is 1.30 bits per heavy atom. The van der Waals surface area contributed by atoms with Gasteiger partial charge in [0.05, 0.1) is 0 Å². The van der Waals surface area contributed by atoms with Gasteiger partial charge in [-0.15, -0.1) is 0 Å². The predicted molar refractivity (Wildman–Crippen MR) is 89.0 cm³/mol. The van der Waals surface area contributed by atoms with Gasteiger partial charge in [-0.2, -0.15) is 0 Å². The van der Waals surface area contributed by atoms with Crippen molar-refractivity contribution >= 4 is 28.5 Å². The molecule has 0 unspecified atom stereocenters. The molecule has 0 aromatic heterocycles. The second-order valence-corrected chi connectivity index (χ2v) is 7.29. The summed E-state index contributed by atoms with van der Waals surface area (Å²) < 4.78 is 1.17. The van der Waals surface area contributed by atoms with Crippen molar-refractivity contribution in [2.45, 2.75) is 26.2 Å². The lowest BCUT2D eigenvalue weighted by Gasteiger charge is -2.39. The number of carbonyl (C=O) groups is 1. The van der Waals surface area contributed by atoms with Crippen LogP contribution in [0.15, 0.2) is 18.2 Å². The number of hydrogen-bond donors (Lipinski definition) is 1. The molecule has 3 rings (SSSR count). The third kappa shape index (κ3) is 2.60. The van der Waals surface area contributed by atoms with Gasteiger partial charge in [0.1, 0.15) is 0 Å². The number of halogens is 1. The van der Waals surface area contributed by atoms with Crippen LogP contribution in [0.5, 0.6) is 0 Å². The Labute approximate surface area is 134 Å². The van der Waals surface area contributed by atoms with Crippen molar-refractivity contribution in [1.29, 1.82) is 0 Å². The number of nitrogens with zero attached hydrogens (tertiary/aromatic N) is 1. The normalized spacial score (nSPS) is 21.4. The summed E-state index contributed by atoms with van der Waals surface area (Å²) in [6.07, 6.45) is 3.57. The average molecular weight is 384 g/mol. The van der Waals surface area contributed by atoms with E-state index in [1.807, 2.05) is 24.0 Å². The minimum absolute atomic E-state index is 0.210. The maximum atomic E-state index is 12.7. The summed E-state index contributed by atoms with van der Waals surface area (Å²) in [6, 6.07) is 6.00. The first kappa shape index (κ1) is 14.3. The van der Waals surface area contributed by atoms with E-state index in [-0.39, 0.29) is 5.91 Å². The topological polar surface area (TPSA) is 32.3 Å². The zero-order valence-corrected chi connectivity index (χ0v) is 14.1. The first-order valence-electron chi connectivity index (χ1n) is 7.36. The first-order chi connectivity index (χ1) is 9.61. The minimum Gasteiger partial charge on any atom is -0.339 e. The molecule has 1 aromatic rings. The van der Waals surface area contributed by atoms with Crippen molar-refractivity contribution in [3.05, 3.63) is 32.9 Å². The van der Waals surface area contributed by atoms with Crippen LogP contribution in [-0.2, 0) is 0 Å². The third-order valence-electron chi connectivity index (χ3n) is 4.94. The van der Waals surface area contributed by atoms with Gasteiger partial charge in [0.25, 0.3) is 5.91 Å². The largest absolute Gasteiger partial charge is 0.339 e. The molecule has 108 valence electrons. The second kappa shape index (κ2) is 5.64. The molecule has 4 heteroatoms. The average Bonchev–Trinajstić information content (AvgIpc) is 2.90. The van der Waals surface area contributed by atoms with Gasteiger partial charge in [0.15, 0.2) is 0 Å². The molecule has 1 N–H and O–H groups in total. The van der Waals surface area contributed by atoms with E-state index >= 15 is 0 Å². The van der Waals surface area contributed by atoms with Gasteiger partial charge in [0, 0.05) is 28.8 Å². The Morgan fingerprint density at radius 2 is 2.05 bits per heavy atom. The van der Waals surface area contributed by atoms with Crippen molar-refractivity contribution in [2.75, 3.05) is 26.2 Å². The second-order valence-electron chi connectivity index (χ2n) is 6.13. The number of likely N-dealkylation sites (tertiary alicyclic amines) is 1. The molecule has 1 aromatic carbocycles. The highest BCUT2D eigenvalue weighted by atomic mass is 127. The fourth-order valence-corrected chi connectivity index (χ4v) is 3.91. The molecule has 2 aliphatic heterocycles. The monoisotopic (exact) mass is 384 g/mol. The van der Waals surface area contributed by atoms with Gasteiger partial charge in [0.2, 0.25) is 0 Å². The summed E-state index contributed by atoms with van der Waals surface area (Å²) >= 11 is 2.30. The number of hydrogen-bond acceptors (Lipinski definition) is 2. The Bertz CT molecular complexity index is 513. The lowest BCUT2D eigenvalue weighted by atomic mass is 9.77. The molecule has 0 saturated carbocycles. The number of nitrogens with one attached hydrogen (secondary N) is 1. The Kier molecular flexibility index (Phi) is 4.04. The number of rotatable bonds is 1. The van der Waals surface area contributed by atoms with Crippen molar-refractivity contribution in [1.82, 2.24) is 10.2 Å². The molecule has 1 amide bonds. The molecule has 0 radical (unpaired) electrons. The highest BCUT2D eigenvalue weighted by molar-refractivity contribution is 14.1. The van der Waals surface area contributed by atoms with Crippen molar-refractivity contribution in [2.24, 2.45) is 5.41 Å². The van der Waals surface area contributed by atoms with Crippen LogP contribution in [0.2, 0.25) is 0 Å². The molecular weight excluding hydrogens is 363 g/mol. The molecule has 2 heterocycles. The molecule has 2 saturated heterocycles. The van der Waals surface area contributed by atoms with E-state index in [0.29, 0.717) is 5.41 Å². The minimum atomic E-state index is 0.210. The number of carbonyl (C=O) groups excluding carboxylic acids is 1. The fourth-order valence-electron chi connectivity index (χ4n) is 3.42. The van der Waals surface area contributed by atoms with Gasteiger partial charge >= 0.3 is 0 Å². The van der Waals surface area contributed by atoms with Crippen molar-refractivity contribution in [3.63, 3.8) is 0 Å². The van der Waals surface area contributed by atoms with Crippen LogP contribution in [-0.4, -0.2) is 37.0 Å². The maximum absolute atomic E-state index is 12.7. The van der Waals surface area contributed by atoms with E-state index in [9.17, 15) is 4.79 Å². The van der Waals surface area contributed by atoms with Crippen LogP contribution in [0.4, 0.5) is 0 Å².